The number of hydrogen-bond acceptors (Lipinski definition) is 6. The molecule has 3 heterocycles. The van der Waals surface area contributed by atoms with Gasteiger partial charge in [0, 0.05) is 30.5 Å². The number of thiazole rings is 1. The van der Waals surface area contributed by atoms with Crippen LogP contribution >= 0.6 is 11.3 Å². The van der Waals surface area contributed by atoms with Crippen molar-refractivity contribution >= 4 is 28.9 Å². The van der Waals surface area contributed by atoms with Crippen LogP contribution in [0.4, 0.5) is 4.39 Å². The average molecular weight is 606 g/mol. The van der Waals surface area contributed by atoms with Crippen molar-refractivity contribution in [3.05, 3.63) is 122 Å². The lowest BCUT2D eigenvalue weighted by Gasteiger charge is -2.10. The standard InChI is InChI=1S/C34H28FN5O3S/c1-22-13-15-23(16-14-22)31-24(21-39(38-31)25-8-3-2-4-9-25)18-30-33(42)40(29-12-6-5-11-28(29)35)34(44-30)27(19-36)32(41)37-20-26-10-7-17-43-26/h2-6,8-9,11-16,18,21,26H,7,10,17,20H2,1H3,(H,37,41). The summed E-state index contributed by atoms with van der Waals surface area (Å²) < 4.78 is 23.8. The highest BCUT2D eigenvalue weighted by atomic mass is 32.1. The molecule has 220 valence electrons. The molecular formula is C34H28FN5O3S. The summed E-state index contributed by atoms with van der Waals surface area (Å²) in [6, 6.07) is 25.2. The summed E-state index contributed by atoms with van der Waals surface area (Å²) in [7, 11) is 0. The highest BCUT2D eigenvalue weighted by Gasteiger charge is 2.22. The Balaban J connectivity index is 1.56. The molecule has 0 aliphatic carbocycles. The second-order valence-electron chi connectivity index (χ2n) is 10.4. The van der Waals surface area contributed by atoms with Crippen LogP contribution in [0.5, 0.6) is 0 Å². The minimum Gasteiger partial charge on any atom is -0.376 e. The molecule has 44 heavy (non-hydrogen) atoms. The lowest BCUT2D eigenvalue weighted by molar-refractivity contribution is -0.116. The van der Waals surface area contributed by atoms with Gasteiger partial charge in [-0.3, -0.25) is 14.2 Å². The van der Waals surface area contributed by atoms with Gasteiger partial charge < -0.3 is 10.1 Å². The summed E-state index contributed by atoms with van der Waals surface area (Å²) in [6.07, 6.45) is 5.06. The normalized spacial score (nSPS) is 15.7. The van der Waals surface area contributed by atoms with Crippen molar-refractivity contribution in [1.29, 1.82) is 5.26 Å². The van der Waals surface area contributed by atoms with E-state index in [1.165, 1.54) is 18.2 Å². The fourth-order valence-electron chi connectivity index (χ4n) is 5.08. The van der Waals surface area contributed by atoms with Gasteiger partial charge in [-0.2, -0.15) is 10.4 Å². The van der Waals surface area contributed by atoms with E-state index in [2.05, 4.69) is 5.32 Å². The SMILES string of the molecule is Cc1ccc(-c2nn(-c3ccccc3)cc2C=c2sc(=C(C#N)C(=O)NCC3CCCO3)n(-c3ccccc3F)c2=O)cc1. The third-order valence-electron chi connectivity index (χ3n) is 7.36. The molecule has 3 aromatic carbocycles. The maximum atomic E-state index is 15.1. The number of rotatable bonds is 7. The molecule has 1 atom stereocenters. The number of benzene rings is 3. The van der Waals surface area contributed by atoms with Gasteiger partial charge in [-0.05, 0) is 50.1 Å². The summed E-state index contributed by atoms with van der Waals surface area (Å²) in [5, 5.41) is 17.7. The number of nitrogens with zero attached hydrogens (tertiary/aromatic N) is 4. The summed E-state index contributed by atoms with van der Waals surface area (Å²) in [4.78, 5) is 27.3. The lowest BCUT2D eigenvalue weighted by Crippen LogP contribution is -2.36. The summed E-state index contributed by atoms with van der Waals surface area (Å²) in [5.74, 6) is -1.31. The van der Waals surface area contributed by atoms with Gasteiger partial charge in [-0.15, -0.1) is 11.3 Å². The predicted molar refractivity (Wildman–Crippen MR) is 167 cm³/mol. The van der Waals surface area contributed by atoms with Gasteiger partial charge in [-0.25, -0.2) is 9.07 Å². The average Bonchev–Trinajstić information content (AvgIpc) is 3.78. The Kier molecular flexibility index (Phi) is 8.32. The van der Waals surface area contributed by atoms with E-state index in [1.54, 1.807) is 16.8 Å². The smallest absolute Gasteiger partial charge is 0.273 e. The van der Waals surface area contributed by atoms with E-state index >= 15 is 4.39 Å². The van der Waals surface area contributed by atoms with Crippen molar-refractivity contribution in [3.8, 4) is 28.7 Å². The summed E-state index contributed by atoms with van der Waals surface area (Å²) in [5.41, 5.74) is 3.16. The molecule has 1 saturated heterocycles. The summed E-state index contributed by atoms with van der Waals surface area (Å²) >= 11 is 0.955. The Hall–Kier alpha value is -5.11. The highest BCUT2D eigenvalue weighted by Crippen LogP contribution is 2.25. The molecule has 1 amide bonds. The number of ether oxygens (including phenoxy) is 1. The number of carbonyl (C=O) groups excluding carboxylic acids is 1. The van der Waals surface area contributed by atoms with Crippen molar-refractivity contribution in [2.45, 2.75) is 25.9 Å². The fourth-order valence-corrected chi connectivity index (χ4v) is 6.17. The van der Waals surface area contributed by atoms with E-state index in [0.717, 1.165) is 45.6 Å². The second-order valence-corrected chi connectivity index (χ2v) is 11.4. The van der Waals surface area contributed by atoms with Crippen LogP contribution in [0.15, 0.2) is 89.9 Å². The largest absolute Gasteiger partial charge is 0.376 e. The number of carbonyl (C=O) groups is 1. The minimum atomic E-state index is -0.658. The van der Waals surface area contributed by atoms with Crippen LogP contribution in [0.1, 0.15) is 24.0 Å². The zero-order valence-electron chi connectivity index (χ0n) is 23.9. The van der Waals surface area contributed by atoms with E-state index in [9.17, 15) is 14.9 Å². The molecule has 2 aromatic heterocycles. The van der Waals surface area contributed by atoms with Gasteiger partial charge in [0.25, 0.3) is 11.5 Å². The first-order valence-electron chi connectivity index (χ1n) is 14.2. The van der Waals surface area contributed by atoms with Gasteiger partial charge in [-0.1, -0.05) is 60.2 Å². The van der Waals surface area contributed by atoms with E-state index < -0.39 is 17.3 Å². The van der Waals surface area contributed by atoms with Crippen molar-refractivity contribution in [2.75, 3.05) is 13.2 Å². The first-order chi connectivity index (χ1) is 21.4. The fraction of sp³-hybridized carbons (Fsp3) is 0.176. The molecule has 0 saturated carbocycles. The number of aryl methyl sites for hydroxylation is 1. The van der Waals surface area contributed by atoms with Crippen LogP contribution in [0.25, 0.3) is 34.3 Å². The molecular weight excluding hydrogens is 577 g/mol. The van der Waals surface area contributed by atoms with Gasteiger partial charge in [0.1, 0.15) is 16.5 Å². The van der Waals surface area contributed by atoms with Gasteiger partial charge in [0.15, 0.2) is 5.57 Å². The van der Waals surface area contributed by atoms with Crippen molar-refractivity contribution < 1.29 is 13.9 Å². The number of aromatic nitrogens is 3. The van der Waals surface area contributed by atoms with E-state index in [0.29, 0.717) is 17.9 Å². The third-order valence-corrected chi connectivity index (χ3v) is 8.45. The monoisotopic (exact) mass is 605 g/mol. The Bertz CT molecular complexity index is 2050. The first-order valence-corrected chi connectivity index (χ1v) is 15.0. The van der Waals surface area contributed by atoms with E-state index in [1.807, 2.05) is 73.8 Å². The molecule has 0 bridgehead atoms. The predicted octanol–water partition coefficient (Wildman–Crippen LogP) is 4.00. The van der Waals surface area contributed by atoms with Crippen molar-refractivity contribution in [2.24, 2.45) is 0 Å². The van der Waals surface area contributed by atoms with Crippen LogP contribution in [0.2, 0.25) is 0 Å². The molecule has 5 aromatic rings. The zero-order chi connectivity index (χ0) is 30.6. The number of nitriles is 1. The molecule has 0 spiro atoms. The molecule has 1 aliphatic rings. The molecule has 1 fully saturated rings. The first kappa shape index (κ1) is 29.0. The molecule has 6 rings (SSSR count). The Morgan fingerprint density at radius 2 is 1.89 bits per heavy atom. The van der Waals surface area contributed by atoms with Crippen LogP contribution in [-0.4, -0.2) is 39.5 Å². The van der Waals surface area contributed by atoms with Crippen LogP contribution in [0, 0.1) is 24.1 Å². The van der Waals surface area contributed by atoms with Crippen molar-refractivity contribution in [1.82, 2.24) is 19.7 Å². The minimum absolute atomic E-state index is 0.0334. The van der Waals surface area contributed by atoms with Gasteiger partial charge in [0.2, 0.25) is 0 Å². The molecule has 1 unspecified atom stereocenters. The molecule has 10 heteroatoms. The molecule has 0 radical (unpaired) electrons. The number of hydrogen-bond donors (Lipinski definition) is 1. The zero-order valence-corrected chi connectivity index (χ0v) is 24.7. The number of halogens is 1. The maximum absolute atomic E-state index is 15.1. The molecule has 8 nitrogen and oxygen atoms in total. The second kappa shape index (κ2) is 12.6. The quantitative estimate of drug-likeness (QED) is 0.302. The highest BCUT2D eigenvalue weighted by molar-refractivity contribution is 7.07. The molecule has 1 aliphatic heterocycles. The molecule has 1 N–H and O–H groups in total. The van der Waals surface area contributed by atoms with E-state index in [4.69, 9.17) is 9.84 Å². The van der Waals surface area contributed by atoms with Gasteiger partial charge >= 0.3 is 0 Å². The Morgan fingerprint density at radius 1 is 1.14 bits per heavy atom. The third kappa shape index (κ3) is 5.88. The van der Waals surface area contributed by atoms with Crippen LogP contribution < -0.4 is 20.1 Å². The van der Waals surface area contributed by atoms with Gasteiger partial charge in [0.05, 0.1) is 27.7 Å². The van der Waals surface area contributed by atoms with Crippen LogP contribution in [0.3, 0.4) is 0 Å². The van der Waals surface area contributed by atoms with E-state index in [-0.39, 0.29) is 33.1 Å². The van der Waals surface area contributed by atoms with Crippen molar-refractivity contribution in [3.63, 3.8) is 0 Å². The Morgan fingerprint density at radius 3 is 2.59 bits per heavy atom. The number of nitrogens with one attached hydrogen (secondary N) is 1. The Labute approximate surface area is 256 Å². The lowest BCUT2D eigenvalue weighted by atomic mass is 10.1. The maximum Gasteiger partial charge on any atom is 0.273 e. The van der Waals surface area contributed by atoms with Crippen LogP contribution in [-0.2, 0) is 9.53 Å². The summed E-state index contributed by atoms with van der Waals surface area (Å²) in [6.45, 7) is 2.85. The topological polar surface area (TPSA) is 102 Å². The number of amides is 1. The number of para-hydroxylation sites is 2.